The molecule has 1 saturated heterocycles. The highest BCUT2D eigenvalue weighted by Gasteiger charge is 2.27. The van der Waals surface area contributed by atoms with Gasteiger partial charge in [-0.05, 0) is 43.7 Å². The Kier molecular flexibility index (Phi) is 5.70. The average molecular weight is 472 g/mol. The van der Waals surface area contributed by atoms with E-state index >= 15 is 0 Å². The molecule has 0 N–H and O–H groups in total. The summed E-state index contributed by atoms with van der Waals surface area (Å²) < 4.78 is 37.0. The van der Waals surface area contributed by atoms with Gasteiger partial charge in [-0.1, -0.05) is 17.8 Å². The first-order chi connectivity index (χ1) is 15.5. The largest absolute Gasteiger partial charge is 0.379 e. The van der Waals surface area contributed by atoms with Crippen LogP contribution in [0.5, 0.6) is 0 Å². The van der Waals surface area contributed by atoms with E-state index in [0.29, 0.717) is 37.6 Å². The first-order valence-electron chi connectivity index (χ1n) is 10.6. The third-order valence-electron chi connectivity index (χ3n) is 5.69. The van der Waals surface area contributed by atoms with Crippen LogP contribution in [0.1, 0.15) is 18.2 Å². The van der Waals surface area contributed by atoms with E-state index < -0.39 is 10.0 Å². The summed E-state index contributed by atoms with van der Waals surface area (Å²) in [6, 6.07) is 9.29. The number of nitrogens with zero attached hydrogens (tertiary/aromatic N) is 5. The number of ether oxygens (including phenoxy) is 1. The number of aryl methyl sites for hydroxylation is 2. The molecular formula is C22H25N5O3S2. The summed E-state index contributed by atoms with van der Waals surface area (Å²) in [6.45, 7) is 6.48. The maximum Gasteiger partial charge on any atom is 0.243 e. The van der Waals surface area contributed by atoms with Crippen molar-refractivity contribution in [1.82, 2.24) is 23.2 Å². The zero-order valence-electron chi connectivity index (χ0n) is 18.1. The van der Waals surface area contributed by atoms with Gasteiger partial charge in [0, 0.05) is 37.8 Å². The molecular weight excluding hydrogens is 446 g/mol. The zero-order chi connectivity index (χ0) is 22.3. The Hall–Kier alpha value is -2.40. The number of fused-ring (bicyclic) bond motifs is 2. The van der Waals surface area contributed by atoms with Crippen LogP contribution in [0.15, 0.2) is 52.8 Å². The molecule has 168 valence electrons. The predicted molar refractivity (Wildman–Crippen MR) is 124 cm³/mol. The second-order valence-corrected chi connectivity index (χ2v) is 10.6. The van der Waals surface area contributed by atoms with Gasteiger partial charge < -0.3 is 13.7 Å². The summed E-state index contributed by atoms with van der Waals surface area (Å²) in [7, 11) is -3.55. The zero-order valence-corrected chi connectivity index (χ0v) is 19.7. The monoisotopic (exact) mass is 471 g/mol. The van der Waals surface area contributed by atoms with Crippen molar-refractivity contribution >= 4 is 38.5 Å². The van der Waals surface area contributed by atoms with E-state index in [-0.39, 0.29) is 4.90 Å². The maximum absolute atomic E-state index is 13.0. The van der Waals surface area contributed by atoms with Crippen molar-refractivity contribution in [3.63, 3.8) is 0 Å². The lowest BCUT2D eigenvalue weighted by Gasteiger charge is -2.26. The molecule has 0 bridgehead atoms. The molecule has 0 atom stereocenters. The quantitative estimate of drug-likeness (QED) is 0.401. The molecule has 8 nitrogen and oxygen atoms in total. The van der Waals surface area contributed by atoms with Crippen LogP contribution >= 0.6 is 11.8 Å². The Morgan fingerprint density at radius 3 is 2.72 bits per heavy atom. The van der Waals surface area contributed by atoms with E-state index in [1.807, 2.05) is 28.9 Å². The first kappa shape index (κ1) is 21.4. The number of morpholine rings is 1. The topological polar surface area (TPSA) is 81.7 Å². The minimum Gasteiger partial charge on any atom is -0.379 e. The second kappa shape index (κ2) is 8.51. The number of sulfonamides is 1. The summed E-state index contributed by atoms with van der Waals surface area (Å²) in [6.07, 6.45) is 4.04. The minimum absolute atomic E-state index is 0.278. The molecule has 4 heterocycles. The number of hydrogen-bond donors (Lipinski definition) is 0. The maximum atomic E-state index is 13.0. The third-order valence-corrected chi connectivity index (χ3v) is 8.59. The van der Waals surface area contributed by atoms with Crippen molar-refractivity contribution < 1.29 is 13.2 Å². The van der Waals surface area contributed by atoms with Crippen molar-refractivity contribution in [3.05, 3.63) is 54.0 Å². The van der Waals surface area contributed by atoms with E-state index in [1.165, 1.54) is 4.31 Å². The lowest BCUT2D eigenvalue weighted by Crippen LogP contribution is -2.40. The van der Waals surface area contributed by atoms with Gasteiger partial charge in [0.15, 0.2) is 5.16 Å². The highest BCUT2D eigenvalue weighted by atomic mass is 32.2. The van der Waals surface area contributed by atoms with Gasteiger partial charge in [-0.2, -0.15) is 4.31 Å². The molecule has 3 aromatic heterocycles. The van der Waals surface area contributed by atoms with Crippen molar-refractivity contribution in [2.24, 2.45) is 0 Å². The fourth-order valence-corrected chi connectivity index (χ4v) is 6.40. The molecule has 5 rings (SSSR count). The second-order valence-electron chi connectivity index (χ2n) is 7.75. The Balaban J connectivity index is 1.43. The number of hydrogen-bond acceptors (Lipinski definition) is 6. The van der Waals surface area contributed by atoms with Crippen molar-refractivity contribution in [3.8, 4) is 0 Å². The van der Waals surface area contributed by atoms with Crippen LogP contribution in [-0.4, -0.2) is 58.0 Å². The molecule has 1 aliphatic rings. The highest BCUT2D eigenvalue weighted by Crippen LogP contribution is 2.29. The number of imidazole rings is 2. The van der Waals surface area contributed by atoms with E-state index in [9.17, 15) is 8.42 Å². The molecule has 32 heavy (non-hydrogen) atoms. The average Bonchev–Trinajstić information content (AvgIpc) is 3.39. The Bertz CT molecular complexity index is 1390. The molecule has 10 heteroatoms. The van der Waals surface area contributed by atoms with Crippen LogP contribution < -0.4 is 0 Å². The van der Waals surface area contributed by atoms with Gasteiger partial charge in [0.25, 0.3) is 0 Å². The minimum atomic E-state index is -3.55. The molecule has 4 aromatic rings. The van der Waals surface area contributed by atoms with E-state index in [4.69, 9.17) is 14.7 Å². The van der Waals surface area contributed by atoms with E-state index in [0.717, 1.165) is 34.1 Å². The van der Waals surface area contributed by atoms with Crippen LogP contribution in [-0.2, 0) is 27.1 Å². The molecule has 1 fully saturated rings. The van der Waals surface area contributed by atoms with Crippen LogP contribution in [0.4, 0.5) is 0 Å². The number of aromatic nitrogens is 4. The van der Waals surface area contributed by atoms with E-state index in [2.05, 4.69) is 24.5 Å². The standard InChI is InChI=1S/C22H25N5O3S2/c1-3-27-20-7-6-18(32(28,29)26-9-11-30-12-10-26)13-19(20)24-22(27)31-15-17-14-25-8-4-5-16(2)21(25)23-17/h4-8,13-14H,3,9-12,15H2,1-2H3. The van der Waals surface area contributed by atoms with Crippen molar-refractivity contribution in [2.45, 2.75) is 36.2 Å². The van der Waals surface area contributed by atoms with Crippen molar-refractivity contribution in [1.29, 1.82) is 0 Å². The summed E-state index contributed by atoms with van der Waals surface area (Å²) in [4.78, 5) is 9.80. The third kappa shape index (κ3) is 3.81. The van der Waals surface area contributed by atoms with E-state index in [1.54, 1.807) is 23.9 Å². The summed E-state index contributed by atoms with van der Waals surface area (Å²) in [5.74, 6) is 0.684. The molecule has 0 spiro atoms. The first-order valence-corrected chi connectivity index (χ1v) is 13.0. The van der Waals surface area contributed by atoms with Gasteiger partial charge in [-0.3, -0.25) is 0 Å². The molecule has 0 radical (unpaired) electrons. The smallest absolute Gasteiger partial charge is 0.243 e. The van der Waals surface area contributed by atoms with Crippen LogP contribution in [0.2, 0.25) is 0 Å². The van der Waals surface area contributed by atoms with Gasteiger partial charge in [0.2, 0.25) is 10.0 Å². The van der Waals surface area contributed by atoms with Gasteiger partial charge in [0.05, 0.1) is 34.8 Å². The molecule has 1 aliphatic heterocycles. The number of rotatable bonds is 6. The van der Waals surface area contributed by atoms with Gasteiger partial charge in [-0.25, -0.2) is 18.4 Å². The van der Waals surface area contributed by atoms with Gasteiger partial charge >= 0.3 is 0 Å². The Morgan fingerprint density at radius 1 is 1.16 bits per heavy atom. The number of benzene rings is 1. The molecule has 0 unspecified atom stereocenters. The van der Waals surface area contributed by atoms with Crippen LogP contribution in [0, 0.1) is 6.92 Å². The fourth-order valence-electron chi connectivity index (χ4n) is 4.01. The number of thioether (sulfide) groups is 1. The molecule has 0 aliphatic carbocycles. The summed E-state index contributed by atoms with van der Waals surface area (Å²) in [5.41, 5.74) is 4.70. The normalized spacial score (nSPS) is 15.7. The SMILES string of the molecule is CCn1c(SCc2cn3cccc(C)c3n2)nc2cc(S(=O)(=O)N3CCOCC3)ccc21. The molecule has 0 saturated carbocycles. The van der Waals surface area contributed by atoms with Crippen LogP contribution in [0.25, 0.3) is 16.7 Å². The van der Waals surface area contributed by atoms with Crippen molar-refractivity contribution in [2.75, 3.05) is 26.3 Å². The lowest BCUT2D eigenvalue weighted by molar-refractivity contribution is 0.0730. The van der Waals surface area contributed by atoms with Gasteiger partial charge in [-0.15, -0.1) is 0 Å². The Labute approximate surface area is 191 Å². The predicted octanol–water partition coefficient (Wildman–Crippen LogP) is 3.33. The van der Waals surface area contributed by atoms with Gasteiger partial charge in [0.1, 0.15) is 5.65 Å². The van der Waals surface area contributed by atoms with Crippen LogP contribution in [0.3, 0.4) is 0 Å². The molecule has 1 aromatic carbocycles. The highest BCUT2D eigenvalue weighted by molar-refractivity contribution is 7.98. The fraction of sp³-hybridized carbons (Fsp3) is 0.364. The lowest BCUT2D eigenvalue weighted by atomic mass is 10.3. The molecule has 0 amide bonds. The summed E-state index contributed by atoms with van der Waals surface area (Å²) in [5, 5.41) is 0.859. The number of pyridine rings is 1. The summed E-state index contributed by atoms with van der Waals surface area (Å²) >= 11 is 1.61. The Morgan fingerprint density at radius 2 is 1.97 bits per heavy atom.